The molecule has 33 heavy (non-hydrogen) atoms. The second-order valence-electron chi connectivity index (χ2n) is 8.35. The Hall–Kier alpha value is -3.32. The molecule has 1 aliphatic heterocycles. The van der Waals surface area contributed by atoms with Crippen molar-refractivity contribution >= 4 is 11.8 Å². The first kappa shape index (κ1) is 22.9. The lowest BCUT2D eigenvalue weighted by Crippen LogP contribution is -2.52. The highest BCUT2D eigenvalue weighted by Gasteiger charge is 2.20. The molecule has 1 fully saturated rings. The van der Waals surface area contributed by atoms with Gasteiger partial charge in [0.2, 0.25) is 0 Å². The monoisotopic (exact) mass is 446 g/mol. The second-order valence-corrected chi connectivity index (χ2v) is 8.35. The van der Waals surface area contributed by atoms with Crippen molar-refractivity contribution in [2.45, 2.75) is 26.6 Å². The fourth-order valence-electron chi connectivity index (χ4n) is 4.16. The summed E-state index contributed by atoms with van der Waals surface area (Å²) in [5.74, 6) is 3.01. The third-order valence-corrected chi connectivity index (χ3v) is 5.85. The lowest BCUT2D eigenvalue weighted by molar-refractivity contribution is 0.287. The van der Waals surface area contributed by atoms with Crippen molar-refractivity contribution in [2.24, 2.45) is 4.99 Å². The van der Waals surface area contributed by atoms with Gasteiger partial charge in [-0.3, -0.25) is 4.90 Å². The van der Waals surface area contributed by atoms with Crippen LogP contribution in [-0.2, 0) is 19.6 Å². The number of rotatable bonds is 8. The van der Waals surface area contributed by atoms with Gasteiger partial charge in [0, 0.05) is 45.5 Å². The summed E-state index contributed by atoms with van der Waals surface area (Å²) in [6, 6.07) is 18.6. The lowest BCUT2D eigenvalue weighted by Gasteiger charge is -2.37. The average Bonchev–Trinajstić information content (AvgIpc) is 3.36. The zero-order chi connectivity index (χ0) is 22.9. The number of benzene rings is 1. The van der Waals surface area contributed by atoms with Gasteiger partial charge in [0.15, 0.2) is 5.96 Å². The van der Waals surface area contributed by atoms with Gasteiger partial charge in [-0.1, -0.05) is 30.3 Å². The van der Waals surface area contributed by atoms with Crippen LogP contribution in [-0.4, -0.2) is 60.5 Å². The minimum Gasteiger partial charge on any atom is -0.468 e. The molecule has 7 nitrogen and oxygen atoms in total. The third-order valence-electron chi connectivity index (χ3n) is 5.85. The number of pyridine rings is 1. The van der Waals surface area contributed by atoms with Crippen molar-refractivity contribution in [1.82, 2.24) is 20.1 Å². The summed E-state index contributed by atoms with van der Waals surface area (Å²) < 4.78 is 5.50. The first-order valence-corrected chi connectivity index (χ1v) is 11.7. The van der Waals surface area contributed by atoms with Gasteiger partial charge in [-0.05, 0) is 49.4 Å². The largest absolute Gasteiger partial charge is 0.468 e. The van der Waals surface area contributed by atoms with Crippen LogP contribution in [0.3, 0.4) is 0 Å². The summed E-state index contributed by atoms with van der Waals surface area (Å²) in [5, 5.41) is 3.49. The fraction of sp³-hybridized carbons (Fsp3) is 0.385. The maximum atomic E-state index is 5.50. The van der Waals surface area contributed by atoms with E-state index >= 15 is 0 Å². The minimum absolute atomic E-state index is 0.660. The summed E-state index contributed by atoms with van der Waals surface area (Å²) in [6.45, 7) is 9.01. The van der Waals surface area contributed by atoms with Crippen molar-refractivity contribution in [3.05, 3.63) is 83.9 Å². The maximum Gasteiger partial charge on any atom is 0.194 e. The number of hydrogen-bond donors (Lipinski definition) is 1. The van der Waals surface area contributed by atoms with Crippen molar-refractivity contribution in [3.8, 4) is 0 Å². The van der Waals surface area contributed by atoms with Gasteiger partial charge in [-0.15, -0.1) is 0 Å². The number of nitrogens with one attached hydrogen (secondary N) is 1. The smallest absolute Gasteiger partial charge is 0.194 e. The van der Waals surface area contributed by atoms with Gasteiger partial charge in [0.05, 0.1) is 19.4 Å². The van der Waals surface area contributed by atoms with Crippen LogP contribution >= 0.6 is 0 Å². The van der Waals surface area contributed by atoms with E-state index in [1.807, 2.05) is 30.5 Å². The van der Waals surface area contributed by atoms with Gasteiger partial charge < -0.3 is 19.5 Å². The highest BCUT2D eigenvalue weighted by molar-refractivity contribution is 5.80. The Labute approximate surface area is 196 Å². The molecule has 0 amide bonds. The van der Waals surface area contributed by atoms with Crippen LogP contribution in [0.2, 0.25) is 0 Å². The number of anilines is 1. The highest BCUT2D eigenvalue weighted by Crippen LogP contribution is 2.16. The fourth-order valence-corrected chi connectivity index (χ4v) is 4.16. The standard InChI is InChI=1S/C26H34N6O/c1-3-27-26(32-16-14-31(15-17-32)25-12-6-7-13-28-25)29-19-22-9-4-5-10-23(22)20-30(2)21-24-11-8-18-33-24/h4-13,18H,3,14-17,19-21H2,1-2H3,(H,27,29). The maximum absolute atomic E-state index is 5.50. The molecule has 0 unspecified atom stereocenters. The van der Waals surface area contributed by atoms with E-state index in [-0.39, 0.29) is 0 Å². The summed E-state index contributed by atoms with van der Waals surface area (Å²) in [6.07, 6.45) is 3.58. The van der Waals surface area contributed by atoms with Crippen molar-refractivity contribution in [2.75, 3.05) is 44.7 Å². The Kier molecular flexibility index (Phi) is 7.98. The first-order chi connectivity index (χ1) is 16.2. The Bertz CT molecular complexity index is 997. The van der Waals surface area contributed by atoms with Gasteiger partial charge >= 0.3 is 0 Å². The number of guanidine groups is 1. The molecule has 3 aromatic rings. The molecule has 0 atom stereocenters. The molecule has 4 rings (SSSR count). The van der Waals surface area contributed by atoms with Gasteiger partial charge in [0.25, 0.3) is 0 Å². The van der Waals surface area contributed by atoms with Crippen molar-refractivity contribution < 1.29 is 4.42 Å². The van der Waals surface area contributed by atoms with Crippen LogP contribution in [0, 0.1) is 0 Å². The Morgan fingerprint density at radius 1 is 1.00 bits per heavy atom. The van der Waals surface area contributed by atoms with Crippen LogP contribution in [0.5, 0.6) is 0 Å². The molecule has 0 saturated carbocycles. The predicted octanol–water partition coefficient (Wildman–Crippen LogP) is 3.59. The average molecular weight is 447 g/mol. The van der Waals surface area contributed by atoms with E-state index in [1.54, 1.807) is 6.26 Å². The molecule has 1 aromatic carbocycles. The van der Waals surface area contributed by atoms with Gasteiger partial charge in [0.1, 0.15) is 11.6 Å². The van der Waals surface area contributed by atoms with E-state index in [9.17, 15) is 0 Å². The number of aromatic nitrogens is 1. The molecular formula is C26H34N6O. The van der Waals surface area contributed by atoms with E-state index in [1.165, 1.54) is 11.1 Å². The van der Waals surface area contributed by atoms with E-state index in [0.29, 0.717) is 6.54 Å². The molecule has 2 aromatic heterocycles. The van der Waals surface area contributed by atoms with Crippen LogP contribution in [0.15, 0.2) is 76.5 Å². The number of furan rings is 1. The third kappa shape index (κ3) is 6.35. The Balaban J connectivity index is 1.39. The minimum atomic E-state index is 0.660. The molecular weight excluding hydrogens is 412 g/mol. The highest BCUT2D eigenvalue weighted by atomic mass is 16.3. The number of hydrogen-bond acceptors (Lipinski definition) is 5. The lowest BCUT2D eigenvalue weighted by atomic mass is 10.1. The summed E-state index contributed by atoms with van der Waals surface area (Å²) in [4.78, 5) is 16.5. The van der Waals surface area contributed by atoms with E-state index < -0.39 is 0 Å². The summed E-state index contributed by atoms with van der Waals surface area (Å²) in [7, 11) is 2.12. The molecule has 1 saturated heterocycles. The van der Waals surface area contributed by atoms with Crippen LogP contribution in [0.1, 0.15) is 23.8 Å². The predicted molar refractivity (Wildman–Crippen MR) is 133 cm³/mol. The number of piperazine rings is 1. The van der Waals surface area contributed by atoms with E-state index in [0.717, 1.165) is 63.4 Å². The molecule has 1 aliphatic rings. The number of nitrogens with zero attached hydrogens (tertiary/aromatic N) is 5. The Morgan fingerprint density at radius 2 is 1.79 bits per heavy atom. The topological polar surface area (TPSA) is 60.1 Å². The van der Waals surface area contributed by atoms with E-state index in [2.05, 4.69) is 69.3 Å². The molecule has 3 heterocycles. The van der Waals surface area contributed by atoms with Crippen molar-refractivity contribution in [1.29, 1.82) is 0 Å². The molecule has 1 N–H and O–H groups in total. The Morgan fingerprint density at radius 3 is 2.48 bits per heavy atom. The molecule has 0 bridgehead atoms. The zero-order valence-electron chi connectivity index (χ0n) is 19.7. The SMILES string of the molecule is CCNC(=NCc1ccccc1CN(C)Cc1ccco1)N1CCN(c2ccccn2)CC1. The molecule has 0 radical (unpaired) electrons. The van der Waals surface area contributed by atoms with Gasteiger partial charge in [-0.2, -0.15) is 0 Å². The first-order valence-electron chi connectivity index (χ1n) is 11.7. The molecule has 7 heteroatoms. The number of aliphatic imine (C=N–C) groups is 1. The zero-order valence-corrected chi connectivity index (χ0v) is 19.7. The summed E-state index contributed by atoms with van der Waals surface area (Å²) in [5.41, 5.74) is 2.55. The van der Waals surface area contributed by atoms with E-state index in [4.69, 9.17) is 9.41 Å². The molecule has 174 valence electrons. The quantitative estimate of drug-likeness (QED) is 0.422. The van der Waals surface area contributed by atoms with Gasteiger partial charge in [-0.25, -0.2) is 9.98 Å². The molecule has 0 spiro atoms. The normalized spacial score (nSPS) is 14.7. The van der Waals surface area contributed by atoms with Crippen LogP contribution < -0.4 is 10.2 Å². The van der Waals surface area contributed by atoms with Crippen LogP contribution in [0.25, 0.3) is 0 Å². The van der Waals surface area contributed by atoms with Crippen LogP contribution in [0.4, 0.5) is 5.82 Å². The summed E-state index contributed by atoms with van der Waals surface area (Å²) >= 11 is 0. The second kappa shape index (κ2) is 11.5. The van der Waals surface area contributed by atoms with Crippen molar-refractivity contribution in [3.63, 3.8) is 0 Å². The molecule has 0 aliphatic carbocycles.